The minimum atomic E-state index is 0.231. The summed E-state index contributed by atoms with van der Waals surface area (Å²) in [5, 5.41) is 0. The third kappa shape index (κ3) is 3.90. The molecule has 0 aliphatic rings. The average molecular weight is 192 g/mol. The van der Waals surface area contributed by atoms with Crippen LogP contribution in [0.15, 0.2) is 24.3 Å². The molecule has 2 unspecified atom stereocenters. The van der Waals surface area contributed by atoms with Gasteiger partial charge in [-0.25, -0.2) is 0 Å². The summed E-state index contributed by atoms with van der Waals surface area (Å²) >= 11 is 0. The van der Waals surface area contributed by atoms with Gasteiger partial charge in [-0.3, -0.25) is 0 Å². The lowest BCUT2D eigenvalue weighted by Crippen LogP contribution is -2.18. The first-order valence-corrected chi connectivity index (χ1v) is 5.17. The van der Waals surface area contributed by atoms with Gasteiger partial charge in [-0.15, -0.1) is 0 Å². The van der Waals surface area contributed by atoms with Crippen molar-refractivity contribution in [2.24, 2.45) is 11.5 Å². The molecule has 0 radical (unpaired) electrons. The van der Waals surface area contributed by atoms with Crippen LogP contribution in [0.2, 0.25) is 0 Å². The molecule has 1 rings (SSSR count). The summed E-state index contributed by atoms with van der Waals surface area (Å²) in [7, 11) is 0. The van der Waals surface area contributed by atoms with Crippen molar-refractivity contribution in [2.45, 2.75) is 38.8 Å². The predicted octanol–water partition coefficient (Wildman–Crippen LogP) is 1.47. The highest BCUT2D eigenvalue weighted by Crippen LogP contribution is 2.07. The molecule has 0 bridgehead atoms. The maximum atomic E-state index is 5.72. The van der Waals surface area contributed by atoms with Gasteiger partial charge in [0.15, 0.2) is 0 Å². The SMILES string of the molecule is CC(N)Cc1ccc(CC(C)N)cc1. The van der Waals surface area contributed by atoms with Gasteiger partial charge in [-0.05, 0) is 37.8 Å². The molecule has 0 spiro atoms. The van der Waals surface area contributed by atoms with E-state index in [9.17, 15) is 0 Å². The van der Waals surface area contributed by atoms with Gasteiger partial charge in [-0.2, -0.15) is 0 Å². The monoisotopic (exact) mass is 192 g/mol. The Morgan fingerprint density at radius 2 is 1.14 bits per heavy atom. The lowest BCUT2D eigenvalue weighted by atomic mass is 10.0. The summed E-state index contributed by atoms with van der Waals surface area (Å²) in [6.07, 6.45) is 1.89. The Kier molecular flexibility index (Phi) is 4.11. The second kappa shape index (κ2) is 5.13. The maximum Gasteiger partial charge on any atom is 0.00509 e. The minimum absolute atomic E-state index is 0.231. The fraction of sp³-hybridized carbons (Fsp3) is 0.500. The first-order chi connectivity index (χ1) is 6.58. The number of rotatable bonds is 4. The van der Waals surface area contributed by atoms with Crippen molar-refractivity contribution >= 4 is 0 Å². The van der Waals surface area contributed by atoms with Crippen molar-refractivity contribution in [3.8, 4) is 0 Å². The van der Waals surface area contributed by atoms with Crippen LogP contribution in [0.25, 0.3) is 0 Å². The zero-order chi connectivity index (χ0) is 10.6. The summed E-state index contributed by atoms with van der Waals surface area (Å²) in [5.74, 6) is 0. The summed E-state index contributed by atoms with van der Waals surface area (Å²) in [6.45, 7) is 4.05. The van der Waals surface area contributed by atoms with E-state index >= 15 is 0 Å². The standard InChI is InChI=1S/C12H20N2/c1-9(13)7-11-3-5-12(6-4-11)8-10(2)14/h3-6,9-10H,7-8,13-14H2,1-2H3. The van der Waals surface area contributed by atoms with E-state index in [1.54, 1.807) is 0 Å². The fourth-order valence-electron chi connectivity index (χ4n) is 1.55. The average Bonchev–Trinajstić information content (AvgIpc) is 2.06. The molecule has 0 saturated heterocycles. The maximum absolute atomic E-state index is 5.72. The van der Waals surface area contributed by atoms with E-state index in [1.807, 2.05) is 13.8 Å². The van der Waals surface area contributed by atoms with Crippen LogP contribution in [0.4, 0.5) is 0 Å². The van der Waals surface area contributed by atoms with E-state index in [1.165, 1.54) is 11.1 Å². The van der Waals surface area contributed by atoms with Gasteiger partial charge in [0.25, 0.3) is 0 Å². The number of nitrogens with two attached hydrogens (primary N) is 2. The zero-order valence-electron chi connectivity index (χ0n) is 9.03. The first kappa shape index (κ1) is 11.2. The van der Waals surface area contributed by atoms with Crippen LogP contribution in [0.1, 0.15) is 25.0 Å². The Labute approximate surface area is 86.3 Å². The van der Waals surface area contributed by atoms with E-state index in [0.29, 0.717) is 0 Å². The smallest absolute Gasteiger partial charge is 0.00509 e. The van der Waals surface area contributed by atoms with Crippen molar-refractivity contribution in [3.63, 3.8) is 0 Å². The second-order valence-corrected chi connectivity index (χ2v) is 4.18. The Balaban J connectivity index is 2.59. The third-order valence-corrected chi connectivity index (χ3v) is 2.14. The predicted molar refractivity (Wildman–Crippen MR) is 61.1 cm³/mol. The van der Waals surface area contributed by atoms with Crippen LogP contribution in [-0.4, -0.2) is 12.1 Å². The lowest BCUT2D eigenvalue weighted by molar-refractivity contribution is 0.729. The molecule has 14 heavy (non-hydrogen) atoms. The van der Waals surface area contributed by atoms with E-state index in [2.05, 4.69) is 24.3 Å². The van der Waals surface area contributed by atoms with Gasteiger partial charge < -0.3 is 11.5 Å². The molecule has 78 valence electrons. The molecule has 0 amide bonds. The van der Waals surface area contributed by atoms with Crippen molar-refractivity contribution in [1.82, 2.24) is 0 Å². The highest BCUT2D eigenvalue weighted by atomic mass is 14.6. The lowest BCUT2D eigenvalue weighted by Gasteiger charge is -2.08. The van der Waals surface area contributed by atoms with Gasteiger partial charge in [0.05, 0.1) is 0 Å². The molecule has 0 heterocycles. The highest BCUT2D eigenvalue weighted by Gasteiger charge is 2.00. The van der Waals surface area contributed by atoms with Crippen LogP contribution >= 0.6 is 0 Å². The Bertz CT molecular complexity index is 233. The Morgan fingerprint density at radius 1 is 0.857 bits per heavy atom. The summed E-state index contributed by atoms with van der Waals surface area (Å²) in [5.41, 5.74) is 14.0. The Hall–Kier alpha value is -0.860. The number of hydrogen-bond donors (Lipinski definition) is 2. The molecule has 0 fully saturated rings. The molecule has 2 atom stereocenters. The molecule has 0 aliphatic heterocycles. The van der Waals surface area contributed by atoms with Gasteiger partial charge in [0.1, 0.15) is 0 Å². The van der Waals surface area contributed by atoms with Crippen LogP contribution in [0.3, 0.4) is 0 Å². The molecule has 0 aromatic heterocycles. The summed E-state index contributed by atoms with van der Waals surface area (Å²) in [4.78, 5) is 0. The Morgan fingerprint density at radius 3 is 1.36 bits per heavy atom. The quantitative estimate of drug-likeness (QED) is 0.759. The van der Waals surface area contributed by atoms with E-state index in [4.69, 9.17) is 11.5 Å². The molecule has 4 N–H and O–H groups in total. The summed E-state index contributed by atoms with van der Waals surface area (Å²) in [6, 6.07) is 9.02. The van der Waals surface area contributed by atoms with Crippen LogP contribution in [-0.2, 0) is 12.8 Å². The van der Waals surface area contributed by atoms with Crippen LogP contribution < -0.4 is 11.5 Å². The largest absolute Gasteiger partial charge is 0.328 e. The van der Waals surface area contributed by atoms with Crippen molar-refractivity contribution < 1.29 is 0 Å². The molecular formula is C12H20N2. The molecule has 1 aromatic carbocycles. The number of benzene rings is 1. The zero-order valence-corrected chi connectivity index (χ0v) is 9.03. The highest BCUT2D eigenvalue weighted by molar-refractivity contribution is 5.23. The first-order valence-electron chi connectivity index (χ1n) is 5.17. The molecule has 0 saturated carbocycles. The topological polar surface area (TPSA) is 52.0 Å². The van der Waals surface area contributed by atoms with E-state index in [-0.39, 0.29) is 12.1 Å². The van der Waals surface area contributed by atoms with Gasteiger partial charge in [0.2, 0.25) is 0 Å². The van der Waals surface area contributed by atoms with Crippen molar-refractivity contribution in [3.05, 3.63) is 35.4 Å². The molecular weight excluding hydrogens is 172 g/mol. The number of hydrogen-bond acceptors (Lipinski definition) is 2. The normalized spacial score (nSPS) is 15.1. The minimum Gasteiger partial charge on any atom is -0.328 e. The van der Waals surface area contributed by atoms with Gasteiger partial charge in [-0.1, -0.05) is 24.3 Å². The fourth-order valence-corrected chi connectivity index (χ4v) is 1.55. The molecule has 1 aromatic rings. The molecule has 2 nitrogen and oxygen atoms in total. The third-order valence-electron chi connectivity index (χ3n) is 2.14. The second-order valence-electron chi connectivity index (χ2n) is 4.18. The molecule has 0 aliphatic carbocycles. The van der Waals surface area contributed by atoms with Crippen LogP contribution in [0.5, 0.6) is 0 Å². The van der Waals surface area contributed by atoms with E-state index in [0.717, 1.165) is 12.8 Å². The van der Waals surface area contributed by atoms with Crippen molar-refractivity contribution in [2.75, 3.05) is 0 Å². The summed E-state index contributed by atoms with van der Waals surface area (Å²) < 4.78 is 0. The van der Waals surface area contributed by atoms with Gasteiger partial charge >= 0.3 is 0 Å². The van der Waals surface area contributed by atoms with Gasteiger partial charge in [0, 0.05) is 12.1 Å². The van der Waals surface area contributed by atoms with E-state index < -0.39 is 0 Å². The molecule has 2 heteroatoms. The van der Waals surface area contributed by atoms with Crippen molar-refractivity contribution in [1.29, 1.82) is 0 Å². The van der Waals surface area contributed by atoms with Crippen LogP contribution in [0, 0.1) is 0 Å².